The summed E-state index contributed by atoms with van der Waals surface area (Å²) in [6.45, 7) is 1.89. The monoisotopic (exact) mass is 298 g/mol. The lowest BCUT2D eigenvalue weighted by molar-refractivity contribution is -0.137. The van der Waals surface area contributed by atoms with Crippen LogP contribution in [-0.4, -0.2) is 5.78 Å². The molecule has 1 aromatic carbocycles. The Balaban J connectivity index is 2.41. The van der Waals surface area contributed by atoms with E-state index in [1.807, 2.05) is 6.92 Å². The first-order valence-electron chi connectivity index (χ1n) is 6.23. The van der Waals surface area contributed by atoms with Crippen LogP contribution >= 0.6 is 11.3 Å². The fourth-order valence-corrected chi connectivity index (χ4v) is 2.94. The summed E-state index contributed by atoms with van der Waals surface area (Å²) in [6, 6.07) is 8.61. The molecule has 0 radical (unpaired) electrons. The minimum absolute atomic E-state index is 0.0201. The summed E-state index contributed by atoms with van der Waals surface area (Å²) in [4.78, 5) is 12.7. The molecule has 106 valence electrons. The van der Waals surface area contributed by atoms with Crippen LogP contribution in [0.1, 0.15) is 35.0 Å². The van der Waals surface area contributed by atoms with Crippen LogP contribution in [0.15, 0.2) is 36.4 Å². The highest BCUT2D eigenvalue weighted by Gasteiger charge is 2.33. The maximum Gasteiger partial charge on any atom is 0.417 e. The molecule has 0 saturated heterocycles. The lowest BCUT2D eigenvalue weighted by Crippen LogP contribution is -2.06. The second kappa shape index (κ2) is 5.79. The Hall–Kier alpha value is -1.62. The Kier molecular flexibility index (Phi) is 4.28. The summed E-state index contributed by atoms with van der Waals surface area (Å²) in [7, 11) is 0. The van der Waals surface area contributed by atoms with Crippen molar-refractivity contribution < 1.29 is 18.0 Å². The van der Waals surface area contributed by atoms with E-state index in [0.29, 0.717) is 16.2 Å². The Morgan fingerprint density at radius 1 is 1.15 bits per heavy atom. The first kappa shape index (κ1) is 14.8. The molecule has 5 heteroatoms. The number of carbonyl (C=O) groups is 1. The molecule has 0 unspecified atom stereocenters. The van der Waals surface area contributed by atoms with Gasteiger partial charge in [0.25, 0.3) is 0 Å². The molecule has 0 aliphatic carbocycles. The van der Waals surface area contributed by atoms with Crippen molar-refractivity contribution in [3.8, 4) is 10.4 Å². The third-order valence-corrected chi connectivity index (χ3v) is 4.02. The number of ketones is 1. The van der Waals surface area contributed by atoms with Gasteiger partial charge >= 0.3 is 6.18 Å². The van der Waals surface area contributed by atoms with Crippen LogP contribution in [0.3, 0.4) is 0 Å². The van der Waals surface area contributed by atoms with Gasteiger partial charge in [0, 0.05) is 16.9 Å². The quantitative estimate of drug-likeness (QED) is 0.689. The number of rotatable bonds is 4. The predicted molar refractivity (Wildman–Crippen MR) is 74.0 cm³/mol. The van der Waals surface area contributed by atoms with Crippen molar-refractivity contribution in [1.29, 1.82) is 0 Å². The average molecular weight is 298 g/mol. The number of thiophene rings is 1. The van der Waals surface area contributed by atoms with Gasteiger partial charge in [0.1, 0.15) is 0 Å². The summed E-state index contributed by atoms with van der Waals surface area (Å²) >= 11 is 1.11. The maximum absolute atomic E-state index is 13.0. The number of carbonyl (C=O) groups excluding carboxylic acids is 1. The van der Waals surface area contributed by atoms with Crippen LogP contribution < -0.4 is 0 Å². The molecule has 0 aliphatic heterocycles. The number of Topliss-reactive ketones (excluding diaryl/α,β-unsaturated/α-hetero) is 1. The van der Waals surface area contributed by atoms with Crippen molar-refractivity contribution in [2.24, 2.45) is 0 Å². The van der Waals surface area contributed by atoms with E-state index in [1.54, 1.807) is 18.2 Å². The van der Waals surface area contributed by atoms with Crippen molar-refractivity contribution in [1.82, 2.24) is 0 Å². The molecule has 0 spiro atoms. The van der Waals surface area contributed by atoms with Gasteiger partial charge in [-0.25, -0.2) is 0 Å². The van der Waals surface area contributed by atoms with Crippen LogP contribution in [0, 0.1) is 0 Å². The second-order valence-corrected chi connectivity index (χ2v) is 5.46. The molecule has 20 heavy (non-hydrogen) atoms. The molecule has 0 aliphatic rings. The van der Waals surface area contributed by atoms with E-state index in [0.717, 1.165) is 23.8 Å². The van der Waals surface area contributed by atoms with Crippen LogP contribution in [-0.2, 0) is 6.18 Å². The van der Waals surface area contributed by atoms with Crippen molar-refractivity contribution in [2.75, 3.05) is 0 Å². The molecule has 2 aromatic rings. The predicted octanol–water partition coefficient (Wildman–Crippen LogP) is 5.42. The third-order valence-electron chi connectivity index (χ3n) is 2.86. The van der Waals surface area contributed by atoms with Gasteiger partial charge in [-0.2, -0.15) is 13.2 Å². The van der Waals surface area contributed by atoms with Crippen LogP contribution in [0.2, 0.25) is 0 Å². The smallest absolute Gasteiger partial charge is 0.293 e. The van der Waals surface area contributed by atoms with Crippen molar-refractivity contribution in [3.05, 3.63) is 46.8 Å². The number of alkyl halides is 3. The molecule has 0 bridgehead atoms. The van der Waals surface area contributed by atoms with E-state index >= 15 is 0 Å². The highest BCUT2D eigenvalue weighted by atomic mass is 32.1. The zero-order valence-electron chi connectivity index (χ0n) is 10.8. The molecule has 0 fully saturated rings. The van der Waals surface area contributed by atoms with Gasteiger partial charge in [-0.05, 0) is 24.6 Å². The molecule has 0 amide bonds. The topological polar surface area (TPSA) is 17.1 Å². The van der Waals surface area contributed by atoms with E-state index in [-0.39, 0.29) is 11.3 Å². The number of hydrogen-bond acceptors (Lipinski definition) is 2. The first-order chi connectivity index (χ1) is 9.43. The third kappa shape index (κ3) is 3.10. The molecule has 0 saturated carbocycles. The number of hydrogen-bond donors (Lipinski definition) is 0. The van der Waals surface area contributed by atoms with Crippen LogP contribution in [0.5, 0.6) is 0 Å². The summed E-state index contributed by atoms with van der Waals surface area (Å²) in [5, 5.41) is 0. The van der Waals surface area contributed by atoms with Gasteiger partial charge in [-0.15, -0.1) is 11.3 Å². The summed E-state index contributed by atoms with van der Waals surface area (Å²) < 4.78 is 38.9. The maximum atomic E-state index is 13.0. The van der Waals surface area contributed by atoms with Crippen LogP contribution in [0.4, 0.5) is 13.2 Å². The van der Waals surface area contributed by atoms with Gasteiger partial charge in [-0.3, -0.25) is 4.79 Å². The lowest BCUT2D eigenvalue weighted by atomic mass is 10.1. The largest absolute Gasteiger partial charge is 0.417 e. The molecular weight excluding hydrogens is 285 g/mol. The Bertz CT molecular complexity index is 614. The standard InChI is InChI=1S/C15H13F3OS/c1-2-5-12(19)14-9-8-13(20-14)10-6-3-4-7-11(10)15(16,17)18/h3-4,6-9H,2,5H2,1H3. The molecular formula is C15H13F3OS. The Morgan fingerprint density at radius 2 is 1.85 bits per heavy atom. The SMILES string of the molecule is CCCC(=O)c1ccc(-c2ccccc2C(F)(F)F)s1. The molecule has 0 atom stereocenters. The zero-order valence-corrected chi connectivity index (χ0v) is 11.6. The summed E-state index contributed by atoms with van der Waals surface area (Å²) in [6.07, 6.45) is -3.25. The van der Waals surface area contributed by atoms with Crippen molar-refractivity contribution >= 4 is 17.1 Å². The zero-order chi connectivity index (χ0) is 14.8. The Morgan fingerprint density at radius 3 is 2.50 bits per heavy atom. The van der Waals surface area contributed by atoms with Crippen molar-refractivity contribution in [3.63, 3.8) is 0 Å². The molecule has 2 rings (SSSR count). The minimum atomic E-state index is -4.39. The van der Waals surface area contributed by atoms with Gasteiger partial charge < -0.3 is 0 Å². The highest BCUT2D eigenvalue weighted by Crippen LogP contribution is 2.39. The molecule has 1 aromatic heterocycles. The molecule has 1 nitrogen and oxygen atoms in total. The average Bonchev–Trinajstić information content (AvgIpc) is 2.87. The highest BCUT2D eigenvalue weighted by molar-refractivity contribution is 7.17. The van der Waals surface area contributed by atoms with Gasteiger partial charge in [0.05, 0.1) is 10.4 Å². The van der Waals surface area contributed by atoms with E-state index in [1.165, 1.54) is 12.1 Å². The van der Waals surface area contributed by atoms with E-state index in [4.69, 9.17) is 0 Å². The molecule has 0 N–H and O–H groups in total. The van der Waals surface area contributed by atoms with E-state index < -0.39 is 11.7 Å². The summed E-state index contributed by atoms with van der Waals surface area (Å²) in [5.74, 6) is -0.0201. The normalized spacial score (nSPS) is 11.6. The van der Waals surface area contributed by atoms with Crippen LogP contribution in [0.25, 0.3) is 10.4 Å². The minimum Gasteiger partial charge on any atom is -0.293 e. The lowest BCUT2D eigenvalue weighted by Gasteiger charge is -2.11. The second-order valence-electron chi connectivity index (χ2n) is 4.38. The molecule has 1 heterocycles. The summed E-state index contributed by atoms with van der Waals surface area (Å²) in [5.41, 5.74) is -0.545. The van der Waals surface area contributed by atoms with Gasteiger partial charge in [0.2, 0.25) is 0 Å². The van der Waals surface area contributed by atoms with E-state index in [2.05, 4.69) is 0 Å². The number of halogens is 3. The van der Waals surface area contributed by atoms with Gasteiger partial charge in [-0.1, -0.05) is 25.1 Å². The number of benzene rings is 1. The fourth-order valence-electron chi connectivity index (χ4n) is 1.93. The first-order valence-corrected chi connectivity index (χ1v) is 7.04. The Labute approximate surface area is 119 Å². The fraction of sp³-hybridized carbons (Fsp3) is 0.267. The van der Waals surface area contributed by atoms with E-state index in [9.17, 15) is 18.0 Å². The van der Waals surface area contributed by atoms with Gasteiger partial charge in [0.15, 0.2) is 5.78 Å². The van der Waals surface area contributed by atoms with Crippen molar-refractivity contribution in [2.45, 2.75) is 25.9 Å².